The summed E-state index contributed by atoms with van der Waals surface area (Å²) in [4.78, 5) is 23.9. The minimum atomic E-state index is -0.955. The highest BCUT2D eigenvalue weighted by atomic mass is 16.5. The maximum absolute atomic E-state index is 12.5. The molecule has 21 heavy (non-hydrogen) atoms. The molecule has 1 unspecified atom stereocenters. The SMILES string of the molecule is C=CC(=O)OC(C(=O)c1ccccc1)c1ccccc1.O. The third-order valence-corrected chi connectivity index (χ3v) is 2.80. The van der Waals surface area contributed by atoms with Gasteiger partial charge in [-0.05, 0) is 0 Å². The number of hydrogen-bond acceptors (Lipinski definition) is 3. The van der Waals surface area contributed by atoms with Crippen molar-refractivity contribution in [3.8, 4) is 0 Å². The zero-order chi connectivity index (χ0) is 14.4. The Morgan fingerprint density at radius 1 is 0.952 bits per heavy atom. The van der Waals surface area contributed by atoms with Crippen molar-refractivity contribution in [3.05, 3.63) is 84.4 Å². The molecule has 4 heteroatoms. The maximum atomic E-state index is 12.5. The predicted octanol–water partition coefficient (Wildman–Crippen LogP) is 2.52. The van der Waals surface area contributed by atoms with Crippen LogP contribution in [0.3, 0.4) is 0 Å². The normalized spacial score (nSPS) is 10.9. The average molecular weight is 284 g/mol. The summed E-state index contributed by atoms with van der Waals surface area (Å²) in [5.41, 5.74) is 1.13. The van der Waals surface area contributed by atoms with Crippen LogP contribution in [0.25, 0.3) is 0 Å². The lowest BCUT2D eigenvalue weighted by atomic mass is 10.00. The number of carbonyl (C=O) groups is 2. The van der Waals surface area contributed by atoms with Crippen molar-refractivity contribution < 1.29 is 19.8 Å². The van der Waals surface area contributed by atoms with Gasteiger partial charge < -0.3 is 10.2 Å². The number of Topliss-reactive ketones (excluding diaryl/α,β-unsaturated/α-hetero) is 1. The molecule has 0 bridgehead atoms. The number of esters is 1. The molecule has 0 aromatic heterocycles. The standard InChI is InChI=1S/C17H14O3.H2O/c1-2-15(18)20-17(14-11-7-4-8-12-14)16(19)13-9-5-3-6-10-13;/h2-12,17H,1H2;1H2. The fraction of sp³-hybridized carbons (Fsp3) is 0.0588. The largest absolute Gasteiger partial charge is 0.446 e. The molecule has 0 radical (unpaired) electrons. The van der Waals surface area contributed by atoms with Crippen molar-refractivity contribution >= 4 is 11.8 Å². The molecule has 0 spiro atoms. The fourth-order valence-corrected chi connectivity index (χ4v) is 1.82. The van der Waals surface area contributed by atoms with E-state index in [1.54, 1.807) is 48.5 Å². The first kappa shape index (κ1) is 16.3. The first-order valence-corrected chi connectivity index (χ1v) is 6.19. The molecule has 0 aliphatic rings. The van der Waals surface area contributed by atoms with E-state index in [0.29, 0.717) is 11.1 Å². The van der Waals surface area contributed by atoms with Crippen LogP contribution in [0.5, 0.6) is 0 Å². The van der Waals surface area contributed by atoms with Gasteiger partial charge >= 0.3 is 5.97 Å². The smallest absolute Gasteiger partial charge is 0.331 e. The second-order valence-electron chi connectivity index (χ2n) is 4.16. The Balaban J connectivity index is 0.00000220. The number of carbonyl (C=O) groups excluding carboxylic acids is 2. The van der Waals surface area contributed by atoms with E-state index >= 15 is 0 Å². The molecule has 0 saturated carbocycles. The molecule has 0 amide bonds. The van der Waals surface area contributed by atoms with Gasteiger partial charge in [0.15, 0.2) is 6.10 Å². The molecule has 0 aliphatic carbocycles. The summed E-state index contributed by atoms with van der Waals surface area (Å²) in [5.74, 6) is -0.880. The van der Waals surface area contributed by atoms with Gasteiger partial charge in [0.1, 0.15) is 0 Å². The van der Waals surface area contributed by atoms with Crippen molar-refractivity contribution in [2.45, 2.75) is 6.10 Å². The molecule has 2 rings (SSSR count). The highest BCUT2D eigenvalue weighted by Crippen LogP contribution is 2.22. The lowest BCUT2D eigenvalue weighted by molar-refractivity contribution is -0.141. The van der Waals surface area contributed by atoms with Crippen LogP contribution in [-0.2, 0) is 9.53 Å². The molecular formula is C17H16O4. The lowest BCUT2D eigenvalue weighted by Gasteiger charge is -2.16. The van der Waals surface area contributed by atoms with E-state index in [2.05, 4.69) is 6.58 Å². The van der Waals surface area contributed by atoms with Crippen LogP contribution in [0, 0.1) is 0 Å². The first-order valence-electron chi connectivity index (χ1n) is 6.19. The molecule has 4 nitrogen and oxygen atoms in total. The van der Waals surface area contributed by atoms with E-state index in [4.69, 9.17) is 4.74 Å². The van der Waals surface area contributed by atoms with Gasteiger partial charge in [0.2, 0.25) is 5.78 Å². The van der Waals surface area contributed by atoms with Crippen molar-refractivity contribution in [2.75, 3.05) is 0 Å². The zero-order valence-corrected chi connectivity index (χ0v) is 11.4. The van der Waals surface area contributed by atoms with E-state index < -0.39 is 12.1 Å². The Morgan fingerprint density at radius 2 is 1.48 bits per heavy atom. The van der Waals surface area contributed by atoms with Gasteiger partial charge in [-0.2, -0.15) is 0 Å². The Bertz CT molecular complexity index is 605. The van der Waals surface area contributed by atoms with Crippen molar-refractivity contribution in [1.29, 1.82) is 0 Å². The average Bonchev–Trinajstić information content (AvgIpc) is 2.53. The Labute approximate surface area is 123 Å². The van der Waals surface area contributed by atoms with Gasteiger partial charge in [-0.25, -0.2) is 4.79 Å². The number of hydrogen-bond donors (Lipinski definition) is 0. The van der Waals surface area contributed by atoms with E-state index in [1.165, 1.54) is 0 Å². The van der Waals surface area contributed by atoms with Gasteiger partial charge in [-0.3, -0.25) is 4.79 Å². The monoisotopic (exact) mass is 284 g/mol. The topological polar surface area (TPSA) is 74.9 Å². The van der Waals surface area contributed by atoms with Gasteiger partial charge in [0.25, 0.3) is 0 Å². The highest BCUT2D eigenvalue weighted by Gasteiger charge is 2.24. The Morgan fingerprint density at radius 3 is 2.00 bits per heavy atom. The van der Waals surface area contributed by atoms with E-state index in [9.17, 15) is 9.59 Å². The quantitative estimate of drug-likeness (QED) is 0.481. The van der Waals surface area contributed by atoms with Gasteiger partial charge in [0.05, 0.1) is 0 Å². The molecule has 2 N–H and O–H groups in total. The summed E-state index contributed by atoms with van der Waals surface area (Å²) in [6, 6.07) is 17.7. The summed E-state index contributed by atoms with van der Waals surface area (Å²) in [6.07, 6.45) is 0.0953. The van der Waals surface area contributed by atoms with Crippen LogP contribution in [-0.4, -0.2) is 17.2 Å². The second kappa shape index (κ2) is 7.77. The molecule has 0 saturated heterocycles. The Kier molecular flexibility index (Phi) is 6.04. The van der Waals surface area contributed by atoms with E-state index in [1.807, 2.05) is 12.1 Å². The maximum Gasteiger partial charge on any atom is 0.331 e. The van der Waals surface area contributed by atoms with E-state index in [0.717, 1.165) is 6.08 Å². The summed E-state index contributed by atoms with van der Waals surface area (Å²) in [7, 11) is 0. The van der Waals surface area contributed by atoms with Crippen molar-refractivity contribution in [3.63, 3.8) is 0 Å². The van der Waals surface area contributed by atoms with Crippen LogP contribution >= 0.6 is 0 Å². The van der Waals surface area contributed by atoms with E-state index in [-0.39, 0.29) is 11.3 Å². The third kappa shape index (κ3) is 4.12. The van der Waals surface area contributed by atoms with Gasteiger partial charge in [0, 0.05) is 17.2 Å². The number of rotatable bonds is 5. The third-order valence-electron chi connectivity index (χ3n) is 2.80. The van der Waals surface area contributed by atoms with Crippen LogP contribution in [0.15, 0.2) is 73.3 Å². The molecular weight excluding hydrogens is 268 g/mol. The Hall–Kier alpha value is -2.72. The molecule has 2 aromatic carbocycles. The van der Waals surface area contributed by atoms with Crippen molar-refractivity contribution in [2.24, 2.45) is 0 Å². The lowest BCUT2D eigenvalue weighted by Crippen LogP contribution is -2.19. The molecule has 0 aliphatic heterocycles. The minimum absolute atomic E-state index is 0. The van der Waals surface area contributed by atoms with Crippen LogP contribution in [0.2, 0.25) is 0 Å². The van der Waals surface area contributed by atoms with Crippen LogP contribution < -0.4 is 0 Å². The molecule has 108 valence electrons. The summed E-state index contributed by atoms with van der Waals surface area (Å²) < 4.78 is 5.20. The summed E-state index contributed by atoms with van der Waals surface area (Å²) in [5, 5.41) is 0. The molecule has 2 aromatic rings. The van der Waals surface area contributed by atoms with Crippen LogP contribution in [0.1, 0.15) is 22.0 Å². The molecule has 0 heterocycles. The number of ketones is 1. The fourth-order valence-electron chi connectivity index (χ4n) is 1.82. The second-order valence-corrected chi connectivity index (χ2v) is 4.16. The van der Waals surface area contributed by atoms with Gasteiger partial charge in [-0.1, -0.05) is 67.2 Å². The summed E-state index contributed by atoms with van der Waals surface area (Å²) in [6.45, 7) is 3.35. The zero-order valence-electron chi connectivity index (χ0n) is 11.4. The number of ether oxygens (including phenoxy) is 1. The van der Waals surface area contributed by atoms with Crippen LogP contribution in [0.4, 0.5) is 0 Å². The number of benzene rings is 2. The minimum Gasteiger partial charge on any atom is -0.446 e. The first-order chi connectivity index (χ1) is 9.72. The molecule has 1 atom stereocenters. The molecule has 0 fully saturated rings. The van der Waals surface area contributed by atoms with Crippen molar-refractivity contribution in [1.82, 2.24) is 0 Å². The predicted molar refractivity (Wildman–Crippen MR) is 79.9 cm³/mol. The van der Waals surface area contributed by atoms with Gasteiger partial charge in [-0.15, -0.1) is 0 Å². The summed E-state index contributed by atoms with van der Waals surface area (Å²) >= 11 is 0. The highest BCUT2D eigenvalue weighted by molar-refractivity contribution is 6.01.